The van der Waals surface area contributed by atoms with Crippen LogP contribution in [0.1, 0.15) is 5.56 Å². The molecule has 0 aromatic heterocycles. The summed E-state index contributed by atoms with van der Waals surface area (Å²) >= 11 is 5.15. The summed E-state index contributed by atoms with van der Waals surface area (Å²) in [6.45, 7) is -0.146. The third kappa shape index (κ3) is 7.84. The van der Waals surface area contributed by atoms with Crippen LogP contribution in [0.15, 0.2) is 84.9 Å². The Kier molecular flexibility index (Phi) is 8.42. The highest BCUT2D eigenvalue weighted by Crippen LogP contribution is 2.16. The number of ether oxygens (including phenoxy) is 1. The Bertz CT molecular complexity index is 1230. The zero-order chi connectivity index (χ0) is 24.3. The van der Waals surface area contributed by atoms with Crippen LogP contribution in [0.3, 0.4) is 0 Å². The van der Waals surface area contributed by atoms with Crippen LogP contribution in [0.4, 0.5) is 17.1 Å². The van der Waals surface area contributed by atoms with E-state index in [1.807, 2.05) is 18.2 Å². The third-order valence-electron chi connectivity index (χ3n) is 4.26. The number of nitro groups is 1. The number of amides is 2. The number of thiocarbonyl (C=S) groups is 1. The van der Waals surface area contributed by atoms with Crippen LogP contribution in [0.5, 0.6) is 5.75 Å². The molecule has 0 saturated heterocycles. The normalized spacial score (nSPS) is 10.4. The predicted octanol–water partition coefficient (Wildman–Crippen LogP) is 4.14. The molecule has 0 spiro atoms. The van der Waals surface area contributed by atoms with Crippen LogP contribution < -0.4 is 20.7 Å². The van der Waals surface area contributed by atoms with Crippen molar-refractivity contribution in [2.45, 2.75) is 0 Å². The molecule has 3 aromatic carbocycles. The molecular weight excluding hydrogens is 456 g/mol. The minimum Gasteiger partial charge on any atom is -0.484 e. The van der Waals surface area contributed by atoms with Gasteiger partial charge >= 0.3 is 0 Å². The number of carbonyl (C=O) groups excluding carboxylic acids is 2. The molecule has 0 aliphatic carbocycles. The number of non-ortho nitro benzene ring substituents is 1. The fourth-order valence-corrected chi connectivity index (χ4v) is 2.99. The number of anilines is 2. The lowest BCUT2D eigenvalue weighted by Gasteiger charge is -2.11. The molecule has 0 atom stereocenters. The number of nitrogens with one attached hydrogen (secondary N) is 3. The molecule has 0 aliphatic rings. The van der Waals surface area contributed by atoms with Crippen LogP contribution in [-0.4, -0.2) is 28.5 Å². The van der Waals surface area contributed by atoms with Gasteiger partial charge in [0.15, 0.2) is 11.7 Å². The Balaban J connectivity index is 1.49. The smallest absolute Gasteiger partial charge is 0.270 e. The quantitative estimate of drug-likeness (QED) is 0.193. The van der Waals surface area contributed by atoms with Crippen molar-refractivity contribution in [3.8, 4) is 5.75 Å². The number of rotatable bonds is 8. The van der Waals surface area contributed by atoms with Crippen LogP contribution >= 0.6 is 12.2 Å². The predicted molar refractivity (Wildman–Crippen MR) is 134 cm³/mol. The fraction of sp³-hybridized carbons (Fsp3) is 0.0417. The van der Waals surface area contributed by atoms with Crippen LogP contribution in [0.2, 0.25) is 0 Å². The molecule has 0 heterocycles. The number of hydrogen-bond donors (Lipinski definition) is 3. The Labute approximate surface area is 200 Å². The van der Waals surface area contributed by atoms with Crippen LogP contribution in [-0.2, 0) is 9.59 Å². The molecule has 34 heavy (non-hydrogen) atoms. The first-order chi connectivity index (χ1) is 16.4. The maximum absolute atomic E-state index is 12.1. The van der Waals surface area contributed by atoms with E-state index in [1.54, 1.807) is 42.5 Å². The molecule has 0 fully saturated rings. The van der Waals surface area contributed by atoms with Gasteiger partial charge in [-0.2, -0.15) is 0 Å². The molecule has 2 amide bonds. The number of nitrogens with zero attached hydrogens (tertiary/aromatic N) is 1. The molecule has 3 N–H and O–H groups in total. The van der Waals surface area contributed by atoms with Crippen molar-refractivity contribution in [2.75, 3.05) is 17.2 Å². The standard InChI is InChI=1S/C24H20N4O5S/c29-22(13-12-17-6-4-9-20(14-17)28(31)32)27-24(34)26-19-8-5-7-18(15-19)25-23(30)16-33-21-10-2-1-3-11-21/h1-15H,16H2,(H,25,30)(H2,26,27,29,34)/b13-12+. The number of benzene rings is 3. The van der Waals surface area contributed by atoms with Gasteiger partial charge in [-0.15, -0.1) is 0 Å². The van der Waals surface area contributed by atoms with E-state index in [0.717, 1.165) is 0 Å². The molecule has 10 heteroatoms. The Morgan fingerprint density at radius 3 is 2.38 bits per heavy atom. The highest BCUT2D eigenvalue weighted by molar-refractivity contribution is 7.80. The van der Waals surface area contributed by atoms with Gasteiger partial charge in [0, 0.05) is 29.6 Å². The average molecular weight is 477 g/mol. The second-order valence-corrected chi connectivity index (χ2v) is 7.27. The maximum Gasteiger partial charge on any atom is 0.270 e. The summed E-state index contributed by atoms with van der Waals surface area (Å²) in [5.74, 6) is -0.247. The van der Waals surface area contributed by atoms with Crippen molar-refractivity contribution in [1.82, 2.24) is 5.32 Å². The SMILES string of the molecule is O=C(/C=C/c1cccc([N+](=O)[O-])c1)NC(=S)Nc1cccc(NC(=O)COc2ccccc2)c1. The van der Waals surface area contributed by atoms with E-state index in [-0.39, 0.29) is 23.3 Å². The van der Waals surface area contributed by atoms with Gasteiger partial charge in [-0.1, -0.05) is 36.4 Å². The van der Waals surface area contributed by atoms with Crippen molar-refractivity contribution in [3.63, 3.8) is 0 Å². The molecule has 0 bridgehead atoms. The molecule has 172 valence electrons. The lowest BCUT2D eigenvalue weighted by atomic mass is 10.2. The van der Waals surface area contributed by atoms with E-state index in [1.165, 1.54) is 30.4 Å². The van der Waals surface area contributed by atoms with Crippen molar-refractivity contribution in [2.24, 2.45) is 0 Å². The minimum atomic E-state index is -0.511. The van der Waals surface area contributed by atoms with E-state index in [0.29, 0.717) is 22.7 Å². The lowest BCUT2D eigenvalue weighted by molar-refractivity contribution is -0.384. The Morgan fingerprint density at radius 2 is 1.65 bits per heavy atom. The first kappa shape index (κ1) is 24.1. The van der Waals surface area contributed by atoms with Gasteiger partial charge in [0.2, 0.25) is 5.91 Å². The summed E-state index contributed by atoms with van der Waals surface area (Å²) in [5, 5.41) is 19.0. The number of hydrogen-bond acceptors (Lipinski definition) is 6. The van der Waals surface area contributed by atoms with Gasteiger partial charge in [-0.25, -0.2) is 0 Å². The highest BCUT2D eigenvalue weighted by Gasteiger charge is 2.07. The van der Waals surface area contributed by atoms with Crippen molar-refractivity contribution >= 4 is 52.3 Å². The molecule has 0 unspecified atom stereocenters. The van der Waals surface area contributed by atoms with E-state index in [2.05, 4.69) is 16.0 Å². The third-order valence-corrected chi connectivity index (χ3v) is 4.47. The topological polar surface area (TPSA) is 123 Å². The van der Waals surface area contributed by atoms with Gasteiger partial charge in [0.1, 0.15) is 5.75 Å². The maximum atomic E-state index is 12.1. The fourth-order valence-electron chi connectivity index (χ4n) is 2.77. The summed E-state index contributed by atoms with van der Waals surface area (Å²) in [6, 6.07) is 21.7. The molecule has 0 radical (unpaired) electrons. The highest BCUT2D eigenvalue weighted by atomic mass is 32.1. The molecule has 0 aliphatic heterocycles. The van der Waals surface area contributed by atoms with E-state index >= 15 is 0 Å². The van der Waals surface area contributed by atoms with Crippen molar-refractivity contribution < 1.29 is 19.2 Å². The monoisotopic (exact) mass is 476 g/mol. The van der Waals surface area contributed by atoms with Gasteiger partial charge in [-0.3, -0.25) is 25.0 Å². The molecule has 3 aromatic rings. The number of nitro benzene ring substituents is 1. The summed E-state index contributed by atoms with van der Waals surface area (Å²) in [4.78, 5) is 34.6. The molecular formula is C24H20N4O5S. The first-order valence-corrected chi connectivity index (χ1v) is 10.4. The van der Waals surface area contributed by atoms with Gasteiger partial charge in [0.05, 0.1) is 4.92 Å². The largest absolute Gasteiger partial charge is 0.484 e. The van der Waals surface area contributed by atoms with Gasteiger partial charge in [0.25, 0.3) is 11.6 Å². The Hall–Kier alpha value is -4.57. The van der Waals surface area contributed by atoms with E-state index < -0.39 is 10.8 Å². The first-order valence-electron chi connectivity index (χ1n) is 10.0. The molecule has 0 saturated carbocycles. The average Bonchev–Trinajstić information content (AvgIpc) is 2.82. The van der Waals surface area contributed by atoms with E-state index in [9.17, 15) is 19.7 Å². The minimum absolute atomic E-state index is 0.0459. The van der Waals surface area contributed by atoms with Crippen LogP contribution in [0, 0.1) is 10.1 Å². The van der Waals surface area contributed by atoms with Crippen LogP contribution in [0.25, 0.3) is 6.08 Å². The summed E-state index contributed by atoms with van der Waals surface area (Å²) in [7, 11) is 0. The lowest BCUT2D eigenvalue weighted by Crippen LogP contribution is -2.32. The number of para-hydroxylation sites is 1. The second kappa shape index (κ2) is 11.9. The molecule has 9 nitrogen and oxygen atoms in total. The molecule has 3 rings (SSSR count). The van der Waals surface area contributed by atoms with Gasteiger partial charge < -0.3 is 15.4 Å². The zero-order valence-electron chi connectivity index (χ0n) is 17.8. The summed E-state index contributed by atoms with van der Waals surface area (Å²) in [6.07, 6.45) is 2.66. The second-order valence-electron chi connectivity index (χ2n) is 6.86. The summed E-state index contributed by atoms with van der Waals surface area (Å²) in [5.41, 5.74) is 1.50. The zero-order valence-corrected chi connectivity index (χ0v) is 18.6. The van der Waals surface area contributed by atoms with Crippen molar-refractivity contribution in [1.29, 1.82) is 0 Å². The van der Waals surface area contributed by atoms with E-state index in [4.69, 9.17) is 17.0 Å². The van der Waals surface area contributed by atoms with Crippen molar-refractivity contribution in [3.05, 3.63) is 101 Å². The van der Waals surface area contributed by atoms with Gasteiger partial charge in [-0.05, 0) is 54.2 Å². The Morgan fingerprint density at radius 1 is 0.941 bits per heavy atom. The number of carbonyl (C=O) groups is 2. The summed E-state index contributed by atoms with van der Waals surface area (Å²) < 4.78 is 5.42.